The summed E-state index contributed by atoms with van der Waals surface area (Å²) >= 11 is 0. The van der Waals surface area contributed by atoms with Crippen molar-refractivity contribution in [3.05, 3.63) is 0 Å². The first-order chi connectivity index (χ1) is 7.50. The van der Waals surface area contributed by atoms with E-state index in [1.54, 1.807) is 19.0 Å². The van der Waals surface area contributed by atoms with Gasteiger partial charge in [0.05, 0.1) is 12.7 Å². The fourth-order valence-electron chi connectivity index (χ4n) is 1.73. The SMILES string of the molecule is CC(N)C1CN(CCC(=O)N(C)C)CCO1. The Bertz CT molecular complexity index is 231. The van der Waals surface area contributed by atoms with Crippen molar-refractivity contribution in [2.24, 2.45) is 5.73 Å². The van der Waals surface area contributed by atoms with Crippen molar-refractivity contribution >= 4 is 5.91 Å². The lowest BCUT2D eigenvalue weighted by atomic mass is 10.1. The van der Waals surface area contributed by atoms with Crippen LogP contribution < -0.4 is 5.73 Å². The molecule has 16 heavy (non-hydrogen) atoms. The Balaban J connectivity index is 2.29. The summed E-state index contributed by atoms with van der Waals surface area (Å²) in [4.78, 5) is 15.3. The highest BCUT2D eigenvalue weighted by atomic mass is 16.5. The van der Waals surface area contributed by atoms with Gasteiger partial charge in [0.15, 0.2) is 0 Å². The van der Waals surface area contributed by atoms with Gasteiger partial charge in [0.25, 0.3) is 0 Å². The number of amides is 1. The Kier molecular flexibility index (Phi) is 5.18. The van der Waals surface area contributed by atoms with Gasteiger partial charge < -0.3 is 15.4 Å². The van der Waals surface area contributed by atoms with Crippen LogP contribution in [0.5, 0.6) is 0 Å². The van der Waals surface area contributed by atoms with Crippen LogP contribution in [0.15, 0.2) is 0 Å². The zero-order chi connectivity index (χ0) is 12.1. The minimum Gasteiger partial charge on any atom is -0.374 e. The van der Waals surface area contributed by atoms with E-state index in [4.69, 9.17) is 10.5 Å². The summed E-state index contributed by atoms with van der Waals surface area (Å²) in [6.45, 7) is 5.19. The van der Waals surface area contributed by atoms with Gasteiger partial charge in [-0.05, 0) is 6.92 Å². The molecule has 1 heterocycles. The quantitative estimate of drug-likeness (QED) is 0.707. The fraction of sp³-hybridized carbons (Fsp3) is 0.909. The first kappa shape index (κ1) is 13.4. The van der Waals surface area contributed by atoms with Crippen molar-refractivity contribution in [3.63, 3.8) is 0 Å². The summed E-state index contributed by atoms with van der Waals surface area (Å²) in [5.41, 5.74) is 5.81. The van der Waals surface area contributed by atoms with E-state index in [1.807, 2.05) is 6.92 Å². The van der Waals surface area contributed by atoms with Gasteiger partial charge in [0.2, 0.25) is 5.91 Å². The number of nitrogens with two attached hydrogens (primary N) is 1. The first-order valence-electron chi connectivity index (χ1n) is 5.80. The molecule has 0 spiro atoms. The van der Waals surface area contributed by atoms with Gasteiger partial charge >= 0.3 is 0 Å². The lowest BCUT2D eigenvalue weighted by Gasteiger charge is -2.34. The molecule has 0 aromatic carbocycles. The van der Waals surface area contributed by atoms with Crippen molar-refractivity contribution in [1.82, 2.24) is 9.80 Å². The van der Waals surface area contributed by atoms with Crippen molar-refractivity contribution in [1.29, 1.82) is 0 Å². The van der Waals surface area contributed by atoms with Crippen LogP contribution in [0.3, 0.4) is 0 Å². The largest absolute Gasteiger partial charge is 0.374 e. The van der Waals surface area contributed by atoms with E-state index in [0.29, 0.717) is 13.0 Å². The predicted molar refractivity (Wildman–Crippen MR) is 63.1 cm³/mol. The second-order valence-corrected chi connectivity index (χ2v) is 4.61. The lowest BCUT2D eigenvalue weighted by molar-refractivity contribution is -0.129. The zero-order valence-corrected chi connectivity index (χ0v) is 10.5. The van der Waals surface area contributed by atoms with Crippen LogP contribution in [-0.4, -0.2) is 68.2 Å². The number of carbonyl (C=O) groups is 1. The second kappa shape index (κ2) is 6.18. The number of rotatable bonds is 4. The highest BCUT2D eigenvalue weighted by Crippen LogP contribution is 2.08. The fourth-order valence-corrected chi connectivity index (χ4v) is 1.73. The Morgan fingerprint density at radius 1 is 1.62 bits per heavy atom. The minimum absolute atomic E-state index is 0.0485. The molecule has 94 valence electrons. The van der Waals surface area contributed by atoms with Gasteiger partial charge in [-0.25, -0.2) is 0 Å². The average molecular weight is 229 g/mol. The van der Waals surface area contributed by atoms with E-state index < -0.39 is 0 Å². The Labute approximate surface area is 97.5 Å². The van der Waals surface area contributed by atoms with Gasteiger partial charge in [0.1, 0.15) is 0 Å². The Morgan fingerprint density at radius 2 is 2.31 bits per heavy atom. The maximum absolute atomic E-state index is 11.4. The number of hydrogen-bond acceptors (Lipinski definition) is 4. The number of nitrogens with zero attached hydrogens (tertiary/aromatic N) is 2. The summed E-state index contributed by atoms with van der Waals surface area (Å²) < 4.78 is 5.56. The molecule has 0 aromatic rings. The van der Waals surface area contributed by atoms with Crippen molar-refractivity contribution in [3.8, 4) is 0 Å². The Morgan fingerprint density at radius 3 is 2.88 bits per heavy atom. The number of hydrogen-bond donors (Lipinski definition) is 1. The summed E-state index contributed by atoms with van der Waals surface area (Å²) in [5, 5.41) is 0. The molecule has 1 aliphatic heterocycles. The number of morpholine rings is 1. The molecule has 0 bridgehead atoms. The summed E-state index contributed by atoms with van der Waals surface area (Å²) in [6, 6.07) is 0.0485. The highest BCUT2D eigenvalue weighted by Gasteiger charge is 2.23. The second-order valence-electron chi connectivity index (χ2n) is 4.61. The smallest absolute Gasteiger partial charge is 0.223 e. The molecule has 2 N–H and O–H groups in total. The van der Waals surface area contributed by atoms with Crippen molar-refractivity contribution < 1.29 is 9.53 Å². The maximum atomic E-state index is 11.4. The lowest BCUT2D eigenvalue weighted by Crippen LogP contribution is -2.50. The molecule has 0 saturated carbocycles. The third-order valence-corrected chi connectivity index (χ3v) is 2.90. The molecule has 5 nitrogen and oxygen atoms in total. The normalized spacial score (nSPS) is 24.1. The summed E-state index contributed by atoms with van der Waals surface area (Å²) in [5.74, 6) is 0.170. The van der Waals surface area contributed by atoms with E-state index >= 15 is 0 Å². The summed E-state index contributed by atoms with van der Waals surface area (Å²) in [6.07, 6.45) is 0.668. The van der Waals surface area contributed by atoms with Crippen LogP contribution in [-0.2, 0) is 9.53 Å². The molecule has 5 heteroatoms. The average Bonchev–Trinajstić information content (AvgIpc) is 2.26. The number of ether oxygens (including phenoxy) is 1. The zero-order valence-electron chi connectivity index (χ0n) is 10.5. The molecular formula is C11H23N3O2. The van der Waals surface area contributed by atoms with Gasteiger partial charge in [-0.1, -0.05) is 0 Å². The van der Waals surface area contributed by atoms with E-state index in [9.17, 15) is 4.79 Å². The topological polar surface area (TPSA) is 58.8 Å². The van der Waals surface area contributed by atoms with Crippen LogP contribution in [0.1, 0.15) is 13.3 Å². The molecule has 0 aliphatic carbocycles. The van der Waals surface area contributed by atoms with E-state index in [2.05, 4.69) is 4.90 Å². The molecule has 0 aromatic heterocycles. The molecule has 1 saturated heterocycles. The van der Waals surface area contributed by atoms with Crippen LogP contribution >= 0.6 is 0 Å². The van der Waals surface area contributed by atoms with Crippen LogP contribution in [0.4, 0.5) is 0 Å². The molecular weight excluding hydrogens is 206 g/mol. The molecule has 2 unspecified atom stereocenters. The van der Waals surface area contributed by atoms with Crippen LogP contribution in [0.25, 0.3) is 0 Å². The standard InChI is InChI=1S/C11H23N3O2/c1-9(12)10-8-14(6-7-16-10)5-4-11(15)13(2)3/h9-10H,4-8,12H2,1-3H3. The van der Waals surface area contributed by atoms with Gasteiger partial charge in [-0.15, -0.1) is 0 Å². The van der Waals surface area contributed by atoms with Gasteiger partial charge in [-0.3, -0.25) is 9.69 Å². The molecule has 1 rings (SSSR count). The van der Waals surface area contributed by atoms with E-state index in [-0.39, 0.29) is 18.1 Å². The molecule has 1 fully saturated rings. The van der Waals surface area contributed by atoms with Crippen LogP contribution in [0.2, 0.25) is 0 Å². The van der Waals surface area contributed by atoms with Gasteiger partial charge in [-0.2, -0.15) is 0 Å². The Hall–Kier alpha value is -0.650. The molecule has 1 aliphatic rings. The molecule has 1 amide bonds. The van der Waals surface area contributed by atoms with Crippen molar-refractivity contribution in [2.75, 3.05) is 40.3 Å². The monoisotopic (exact) mass is 229 g/mol. The number of carbonyl (C=O) groups excluding carboxylic acids is 1. The molecule has 0 radical (unpaired) electrons. The highest BCUT2D eigenvalue weighted by molar-refractivity contribution is 5.75. The molecule has 2 atom stereocenters. The third kappa shape index (κ3) is 4.08. The van der Waals surface area contributed by atoms with E-state index in [0.717, 1.165) is 19.6 Å². The summed E-state index contributed by atoms with van der Waals surface area (Å²) in [7, 11) is 3.57. The van der Waals surface area contributed by atoms with E-state index in [1.165, 1.54) is 0 Å². The minimum atomic E-state index is 0.0485. The predicted octanol–water partition coefficient (Wildman–Crippen LogP) is -0.487. The van der Waals surface area contributed by atoms with Gasteiger partial charge in [0, 0.05) is 46.2 Å². The maximum Gasteiger partial charge on any atom is 0.223 e. The van der Waals surface area contributed by atoms with Crippen molar-refractivity contribution in [2.45, 2.75) is 25.5 Å². The first-order valence-corrected chi connectivity index (χ1v) is 5.80. The van der Waals surface area contributed by atoms with Crippen LogP contribution in [0, 0.1) is 0 Å². The third-order valence-electron chi connectivity index (χ3n) is 2.90.